The van der Waals surface area contributed by atoms with Gasteiger partial charge in [-0.1, -0.05) is 0 Å². The molecular weight excluding hydrogens is 206 g/mol. The Balaban J connectivity index is 1.73. The fraction of sp³-hybridized carbons (Fsp3) is 0.700. The summed E-state index contributed by atoms with van der Waals surface area (Å²) < 4.78 is 5.29. The van der Waals surface area contributed by atoms with Crippen LogP contribution in [-0.4, -0.2) is 54.3 Å². The first-order valence-electron chi connectivity index (χ1n) is 5.62. The Morgan fingerprint density at radius 2 is 2.25 bits per heavy atom. The number of imidazole rings is 1. The summed E-state index contributed by atoms with van der Waals surface area (Å²) in [5, 5.41) is 3.23. The van der Waals surface area contributed by atoms with Crippen molar-refractivity contribution in [2.24, 2.45) is 0 Å². The lowest BCUT2D eigenvalue weighted by molar-refractivity contribution is 0.0398. The highest BCUT2D eigenvalue weighted by atomic mass is 16.5. The molecule has 2 rings (SSSR count). The highest BCUT2D eigenvalue weighted by molar-refractivity contribution is 5.56. The van der Waals surface area contributed by atoms with Crippen LogP contribution in [0, 0.1) is 6.92 Å². The fourth-order valence-electron chi connectivity index (χ4n) is 1.80. The standard InChI is InChI=1S/C10H19N5O/c1-8-13-9(11)10(14-8)12-2-3-15-4-6-16-7-5-15/h12H,2-7,11H2,1H3,(H,13,14). The van der Waals surface area contributed by atoms with Crippen molar-refractivity contribution in [3.8, 4) is 0 Å². The minimum Gasteiger partial charge on any atom is -0.382 e. The molecule has 0 aromatic carbocycles. The molecule has 0 unspecified atom stereocenters. The molecule has 1 aromatic heterocycles. The molecule has 0 amide bonds. The Morgan fingerprint density at radius 1 is 1.50 bits per heavy atom. The number of aryl methyl sites for hydroxylation is 1. The number of rotatable bonds is 4. The molecule has 0 saturated carbocycles. The Hall–Kier alpha value is -1.27. The molecular formula is C10H19N5O. The molecule has 1 aliphatic rings. The number of H-pyrrole nitrogens is 1. The second-order valence-electron chi connectivity index (χ2n) is 3.97. The number of hydrogen-bond acceptors (Lipinski definition) is 5. The molecule has 1 saturated heterocycles. The van der Waals surface area contributed by atoms with Gasteiger partial charge in [-0.15, -0.1) is 0 Å². The highest BCUT2D eigenvalue weighted by Gasteiger charge is 2.10. The molecule has 0 radical (unpaired) electrons. The lowest BCUT2D eigenvalue weighted by atomic mass is 10.4. The van der Waals surface area contributed by atoms with E-state index in [1.165, 1.54) is 0 Å². The summed E-state index contributed by atoms with van der Waals surface area (Å²) in [5.74, 6) is 2.21. The Kier molecular flexibility index (Phi) is 3.63. The number of nitrogen functional groups attached to an aromatic ring is 1. The average molecular weight is 225 g/mol. The van der Waals surface area contributed by atoms with Gasteiger partial charge in [-0.3, -0.25) is 4.90 Å². The lowest BCUT2D eigenvalue weighted by Gasteiger charge is -2.26. The van der Waals surface area contributed by atoms with Gasteiger partial charge in [0.05, 0.1) is 13.2 Å². The normalized spacial score (nSPS) is 17.6. The van der Waals surface area contributed by atoms with Crippen LogP contribution < -0.4 is 11.1 Å². The summed E-state index contributed by atoms with van der Waals surface area (Å²) in [4.78, 5) is 9.59. The average Bonchev–Trinajstić information content (AvgIpc) is 2.59. The molecule has 1 aliphatic heterocycles. The topological polar surface area (TPSA) is 79.2 Å². The van der Waals surface area contributed by atoms with Gasteiger partial charge in [-0.05, 0) is 6.92 Å². The van der Waals surface area contributed by atoms with Gasteiger partial charge in [0.25, 0.3) is 0 Å². The zero-order valence-corrected chi connectivity index (χ0v) is 9.62. The minimum atomic E-state index is 0.611. The van der Waals surface area contributed by atoms with Gasteiger partial charge in [0.2, 0.25) is 0 Å². The molecule has 0 spiro atoms. The second-order valence-corrected chi connectivity index (χ2v) is 3.97. The minimum absolute atomic E-state index is 0.611. The van der Waals surface area contributed by atoms with Crippen LogP contribution in [0.25, 0.3) is 0 Å². The van der Waals surface area contributed by atoms with Crippen molar-refractivity contribution in [1.82, 2.24) is 14.9 Å². The van der Waals surface area contributed by atoms with E-state index in [0.29, 0.717) is 5.82 Å². The van der Waals surface area contributed by atoms with Crippen LogP contribution in [0.15, 0.2) is 0 Å². The summed E-state index contributed by atoms with van der Waals surface area (Å²) >= 11 is 0. The fourth-order valence-corrected chi connectivity index (χ4v) is 1.80. The van der Waals surface area contributed by atoms with E-state index >= 15 is 0 Å². The van der Waals surface area contributed by atoms with Crippen LogP contribution in [0.3, 0.4) is 0 Å². The SMILES string of the molecule is Cc1nc(NCCN2CCOCC2)c(N)[nH]1. The summed E-state index contributed by atoms with van der Waals surface area (Å²) in [6, 6.07) is 0. The summed E-state index contributed by atoms with van der Waals surface area (Å²) in [6.07, 6.45) is 0. The summed E-state index contributed by atoms with van der Waals surface area (Å²) in [7, 11) is 0. The third kappa shape index (κ3) is 2.86. The summed E-state index contributed by atoms with van der Waals surface area (Å²) in [5.41, 5.74) is 5.75. The molecule has 0 aliphatic carbocycles. The zero-order chi connectivity index (χ0) is 11.4. The van der Waals surface area contributed by atoms with Crippen molar-refractivity contribution in [1.29, 1.82) is 0 Å². The van der Waals surface area contributed by atoms with Gasteiger partial charge in [-0.25, -0.2) is 4.98 Å². The van der Waals surface area contributed by atoms with Crippen LogP contribution in [0.4, 0.5) is 11.6 Å². The molecule has 6 nitrogen and oxygen atoms in total. The molecule has 2 heterocycles. The predicted molar refractivity (Wildman–Crippen MR) is 63.5 cm³/mol. The zero-order valence-electron chi connectivity index (χ0n) is 9.62. The number of hydrogen-bond donors (Lipinski definition) is 3. The Labute approximate surface area is 95.2 Å². The van der Waals surface area contributed by atoms with Crippen molar-refractivity contribution in [2.75, 3.05) is 50.4 Å². The van der Waals surface area contributed by atoms with Crippen LogP contribution in [0.5, 0.6) is 0 Å². The van der Waals surface area contributed by atoms with Crippen LogP contribution in [0.1, 0.15) is 5.82 Å². The third-order valence-corrected chi connectivity index (χ3v) is 2.67. The van der Waals surface area contributed by atoms with E-state index in [1.807, 2.05) is 6.92 Å². The first kappa shape index (κ1) is 11.2. The molecule has 1 fully saturated rings. The number of nitrogens with one attached hydrogen (secondary N) is 2. The Bertz CT molecular complexity index is 332. The van der Waals surface area contributed by atoms with Gasteiger partial charge >= 0.3 is 0 Å². The molecule has 90 valence electrons. The van der Waals surface area contributed by atoms with E-state index in [-0.39, 0.29) is 0 Å². The van der Waals surface area contributed by atoms with Gasteiger partial charge in [0.15, 0.2) is 5.82 Å². The smallest absolute Gasteiger partial charge is 0.168 e. The molecule has 16 heavy (non-hydrogen) atoms. The lowest BCUT2D eigenvalue weighted by Crippen LogP contribution is -2.39. The van der Waals surface area contributed by atoms with E-state index in [1.54, 1.807) is 0 Å². The number of aromatic amines is 1. The van der Waals surface area contributed by atoms with Crippen LogP contribution in [-0.2, 0) is 4.74 Å². The maximum absolute atomic E-state index is 5.75. The van der Waals surface area contributed by atoms with E-state index in [4.69, 9.17) is 10.5 Å². The maximum atomic E-state index is 5.75. The molecule has 6 heteroatoms. The molecule has 0 atom stereocenters. The highest BCUT2D eigenvalue weighted by Crippen LogP contribution is 2.13. The molecule has 4 N–H and O–H groups in total. The van der Waals surface area contributed by atoms with Crippen molar-refractivity contribution in [2.45, 2.75) is 6.92 Å². The number of morpholine rings is 1. The molecule has 0 bridgehead atoms. The first-order valence-corrected chi connectivity index (χ1v) is 5.62. The number of ether oxygens (including phenoxy) is 1. The Morgan fingerprint density at radius 3 is 2.88 bits per heavy atom. The second kappa shape index (κ2) is 5.18. The van der Waals surface area contributed by atoms with Gasteiger partial charge in [0.1, 0.15) is 11.6 Å². The third-order valence-electron chi connectivity index (χ3n) is 2.67. The van der Waals surface area contributed by atoms with Crippen molar-refractivity contribution in [3.63, 3.8) is 0 Å². The van der Waals surface area contributed by atoms with E-state index < -0.39 is 0 Å². The van der Waals surface area contributed by atoms with E-state index in [0.717, 1.165) is 51.0 Å². The first-order chi connectivity index (χ1) is 7.75. The number of nitrogens with two attached hydrogens (primary N) is 1. The van der Waals surface area contributed by atoms with E-state index in [9.17, 15) is 0 Å². The summed E-state index contributed by atoms with van der Waals surface area (Å²) in [6.45, 7) is 7.44. The molecule has 1 aromatic rings. The number of aromatic nitrogens is 2. The van der Waals surface area contributed by atoms with E-state index in [2.05, 4.69) is 20.2 Å². The quantitative estimate of drug-likeness (QED) is 0.674. The van der Waals surface area contributed by atoms with Crippen molar-refractivity contribution >= 4 is 11.6 Å². The largest absolute Gasteiger partial charge is 0.382 e. The van der Waals surface area contributed by atoms with Crippen molar-refractivity contribution in [3.05, 3.63) is 5.82 Å². The number of anilines is 2. The predicted octanol–water partition coefficient (Wildman–Crippen LogP) is 0.0444. The van der Waals surface area contributed by atoms with Crippen molar-refractivity contribution < 1.29 is 4.74 Å². The van der Waals surface area contributed by atoms with Crippen LogP contribution in [0.2, 0.25) is 0 Å². The van der Waals surface area contributed by atoms with Gasteiger partial charge < -0.3 is 20.8 Å². The van der Waals surface area contributed by atoms with Crippen LogP contribution >= 0.6 is 0 Å². The maximum Gasteiger partial charge on any atom is 0.168 e. The van der Waals surface area contributed by atoms with Gasteiger partial charge in [-0.2, -0.15) is 0 Å². The monoisotopic (exact) mass is 225 g/mol. The van der Waals surface area contributed by atoms with Gasteiger partial charge in [0, 0.05) is 26.2 Å². The number of nitrogens with zero attached hydrogens (tertiary/aromatic N) is 2.